The van der Waals surface area contributed by atoms with Gasteiger partial charge >= 0.3 is 11.9 Å². The number of ether oxygens (including phenoxy) is 3. The zero-order valence-corrected chi connectivity index (χ0v) is 11.8. The Kier molecular flexibility index (Phi) is 2.45. The van der Waals surface area contributed by atoms with Crippen LogP contribution in [0.3, 0.4) is 0 Å². The van der Waals surface area contributed by atoms with Crippen molar-refractivity contribution >= 4 is 11.9 Å². The number of carbonyl (C=O) groups is 2. The van der Waals surface area contributed by atoms with Gasteiger partial charge in [0.05, 0.1) is 6.10 Å². The molecule has 6 nitrogen and oxygen atoms in total. The highest BCUT2D eigenvalue weighted by Gasteiger charge is 2.74. The summed E-state index contributed by atoms with van der Waals surface area (Å²) in [4.78, 5) is 24.0. The summed E-state index contributed by atoms with van der Waals surface area (Å²) >= 11 is 0. The van der Waals surface area contributed by atoms with E-state index in [4.69, 9.17) is 14.2 Å². The van der Waals surface area contributed by atoms with Crippen LogP contribution in [0.15, 0.2) is 22.8 Å². The molecule has 2 fully saturated rings. The molecule has 6 heteroatoms. The molecule has 112 valence electrons. The van der Waals surface area contributed by atoms with Gasteiger partial charge in [-0.05, 0) is 38.3 Å². The largest absolute Gasteiger partial charge is 0.453 e. The van der Waals surface area contributed by atoms with Crippen molar-refractivity contribution in [2.45, 2.75) is 56.7 Å². The molecule has 1 N–H and O–H groups in total. The standard InChI is InChI=1S/C15H16O6/c1-6-5-9-10(7(2)13(17)19-9)11-12-15(21-12,14(18)20-11)4-3-8(6)16/h5,8-9,11-12,16H,3-4H2,1-2H3/b6-5+. The second-order valence-electron chi connectivity index (χ2n) is 6.13. The Hall–Kier alpha value is -1.66. The van der Waals surface area contributed by atoms with Crippen molar-refractivity contribution in [1.29, 1.82) is 0 Å². The number of epoxide rings is 1. The van der Waals surface area contributed by atoms with E-state index >= 15 is 0 Å². The molecule has 0 saturated carbocycles. The molecule has 3 heterocycles. The quantitative estimate of drug-likeness (QED) is 0.395. The lowest BCUT2D eigenvalue weighted by molar-refractivity contribution is -0.152. The van der Waals surface area contributed by atoms with E-state index in [-0.39, 0.29) is 6.10 Å². The minimum Gasteiger partial charge on any atom is -0.453 e. The second-order valence-corrected chi connectivity index (χ2v) is 6.13. The maximum absolute atomic E-state index is 12.1. The SMILES string of the molecule is CC1=C2C(/C=C(\C)C(O)CCC34OC3C2OC4=O)OC1=O. The molecule has 0 aromatic heterocycles. The Bertz CT molecular complexity index is 618. The van der Waals surface area contributed by atoms with Crippen molar-refractivity contribution < 1.29 is 28.9 Å². The summed E-state index contributed by atoms with van der Waals surface area (Å²) in [5.74, 6) is -0.815. The van der Waals surface area contributed by atoms with Gasteiger partial charge in [-0.25, -0.2) is 9.59 Å². The van der Waals surface area contributed by atoms with E-state index < -0.39 is 35.9 Å². The number of carbonyl (C=O) groups excluding carboxylic acids is 2. The lowest BCUT2D eigenvalue weighted by Gasteiger charge is -2.19. The first-order valence-electron chi connectivity index (χ1n) is 7.11. The number of aliphatic hydroxyl groups is 1. The number of hydrogen-bond acceptors (Lipinski definition) is 6. The summed E-state index contributed by atoms with van der Waals surface area (Å²) in [7, 11) is 0. The zero-order chi connectivity index (χ0) is 14.9. The minimum absolute atomic E-state index is 0.369. The number of rotatable bonds is 0. The van der Waals surface area contributed by atoms with Crippen molar-refractivity contribution in [3.63, 3.8) is 0 Å². The molecule has 0 aromatic rings. The maximum atomic E-state index is 12.1. The van der Waals surface area contributed by atoms with E-state index in [1.54, 1.807) is 19.9 Å². The fraction of sp³-hybridized carbons (Fsp3) is 0.600. The Morgan fingerprint density at radius 2 is 2.05 bits per heavy atom. The normalized spacial score (nSPS) is 47.1. The molecule has 2 bridgehead atoms. The molecule has 0 spiro atoms. The van der Waals surface area contributed by atoms with Gasteiger partial charge in [-0.15, -0.1) is 0 Å². The maximum Gasteiger partial charge on any atom is 0.342 e. The van der Waals surface area contributed by atoms with Gasteiger partial charge in [-0.1, -0.05) is 0 Å². The van der Waals surface area contributed by atoms with E-state index in [1.165, 1.54) is 0 Å². The van der Waals surface area contributed by atoms with Gasteiger partial charge in [-0.3, -0.25) is 0 Å². The van der Waals surface area contributed by atoms with Gasteiger partial charge in [0.15, 0.2) is 11.7 Å². The molecule has 3 aliphatic heterocycles. The van der Waals surface area contributed by atoms with Crippen molar-refractivity contribution in [3.05, 3.63) is 22.8 Å². The molecule has 5 atom stereocenters. The molecule has 4 rings (SSSR count). The third kappa shape index (κ3) is 1.60. The molecular weight excluding hydrogens is 276 g/mol. The monoisotopic (exact) mass is 292 g/mol. The Labute approximate surface area is 121 Å². The van der Waals surface area contributed by atoms with Crippen LogP contribution in [0.5, 0.6) is 0 Å². The molecule has 5 unspecified atom stereocenters. The summed E-state index contributed by atoms with van der Waals surface area (Å²) in [5, 5.41) is 10.2. The first-order valence-corrected chi connectivity index (χ1v) is 7.11. The fourth-order valence-electron chi connectivity index (χ4n) is 3.50. The molecular formula is C15H16O6. The van der Waals surface area contributed by atoms with Crippen LogP contribution in [0.25, 0.3) is 0 Å². The topological polar surface area (TPSA) is 85.4 Å². The van der Waals surface area contributed by atoms with Crippen LogP contribution in [0.1, 0.15) is 26.7 Å². The Morgan fingerprint density at radius 1 is 1.29 bits per heavy atom. The predicted octanol–water partition coefficient (Wildman–Crippen LogP) is 0.392. The molecule has 21 heavy (non-hydrogen) atoms. The van der Waals surface area contributed by atoms with Crippen LogP contribution in [0.2, 0.25) is 0 Å². The number of fused-ring (bicyclic) bond motifs is 2. The van der Waals surface area contributed by atoms with Crippen LogP contribution >= 0.6 is 0 Å². The number of esters is 2. The first-order chi connectivity index (χ1) is 9.94. The van der Waals surface area contributed by atoms with E-state index in [0.29, 0.717) is 24.0 Å². The predicted molar refractivity (Wildman–Crippen MR) is 69.1 cm³/mol. The third-order valence-corrected chi connectivity index (χ3v) is 4.91. The smallest absolute Gasteiger partial charge is 0.342 e. The summed E-state index contributed by atoms with van der Waals surface area (Å²) in [6.45, 7) is 3.46. The lowest BCUT2D eigenvalue weighted by Crippen LogP contribution is -2.27. The molecule has 2 saturated heterocycles. The third-order valence-electron chi connectivity index (χ3n) is 4.91. The highest BCUT2D eigenvalue weighted by atomic mass is 16.7. The summed E-state index contributed by atoms with van der Waals surface area (Å²) < 4.78 is 16.4. The van der Waals surface area contributed by atoms with Crippen LogP contribution < -0.4 is 0 Å². The highest BCUT2D eigenvalue weighted by molar-refractivity contribution is 5.94. The van der Waals surface area contributed by atoms with Crippen LogP contribution in [0, 0.1) is 0 Å². The molecule has 0 amide bonds. The van der Waals surface area contributed by atoms with Gasteiger partial charge in [-0.2, -0.15) is 0 Å². The lowest BCUT2D eigenvalue weighted by atomic mass is 9.88. The molecule has 0 aromatic carbocycles. The van der Waals surface area contributed by atoms with Gasteiger partial charge in [0.1, 0.15) is 12.2 Å². The van der Waals surface area contributed by atoms with Crippen LogP contribution in [-0.4, -0.2) is 47.1 Å². The van der Waals surface area contributed by atoms with Crippen molar-refractivity contribution in [2.75, 3.05) is 0 Å². The van der Waals surface area contributed by atoms with E-state index in [1.807, 2.05) is 0 Å². The van der Waals surface area contributed by atoms with Gasteiger partial charge in [0, 0.05) is 11.1 Å². The van der Waals surface area contributed by atoms with Gasteiger partial charge < -0.3 is 19.3 Å². The highest BCUT2D eigenvalue weighted by Crippen LogP contribution is 2.54. The summed E-state index contributed by atoms with van der Waals surface area (Å²) in [5.41, 5.74) is 0.893. The number of hydrogen-bond donors (Lipinski definition) is 1. The van der Waals surface area contributed by atoms with Crippen molar-refractivity contribution in [1.82, 2.24) is 0 Å². The number of aliphatic hydroxyl groups excluding tert-OH is 1. The summed E-state index contributed by atoms with van der Waals surface area (Å²) in [6.07, 6.45) is 0.359. The van der Waals surface area contributed by atoms with Crippen molar-refractivity contribution in [2.24, 2.45) is 0 Å². The first kappa shape index (κ1) is 13.0. The van der Waals surface area contributed by atoms with Gasteiger partial charge in [0.25, 0.3) is 0 Å². The average Bonchev–Trinajstić information content (AvgIpc) is 3.03. The molecule has 0 radical (unpaired) electrons. The zero-order valence-electron chi connectivity index (χ0n) is 11.8. The second kappa shape index (κ2) is 3.96. The van der Waals surface area contributed by atoms with Crippen LogP contribution in [-0.2, 0) is 23.8 Å². The van der Waals surface area contributed by atoms with E-state index in [9.17, 15) is 14.7 Å². The average molecular weight is 292 g/mol. The Morgan fingerprint density at radius 3 is 2.76 bits per heavy atom. The molecule has 4 aliphatic rings. The van der Waals surface area contributed by atoms with Gasteiger partial charge in [0.2, 0.25) is 0 Å². The molecule has 1 aliphatic carbocycles. The fourth-order valence-corrected chi connectivity index (χ4v) is 3.50. The van der Waals surface area contributed by atoms with Crippen molar-refractivity contribution in [3.8, 4) is 0 Å². The summed E-state index contributed by atoms with van der Waals surface area (Å²) in [6, 6.07) is 0. The van der Waals surface area contributed by atoms with E-state index in [0.717, 1.165) is 5.57 Å². The van der Waals surface area contributed by atoms with E-state index in [2.05, 4.69) is 0 Å². The van der Waals surface area contributed by atoms with Crippen LogP contribution in [0.4, 0.5) is 0 Å². The Balaban J connectivity index is 1.83. The minimum atomic E-state index is -0.938.